The molecule has 6 heteroatoms. The van der Waals surface area contributed by atoms with Crippen molar-refractivity contribution in [3.8, 4) is 0 Å². The molecular formula is C18H25N3O3. The lowest BCUT2D eigenvalue weighted by atomic mass is 9.80. The zero-order valence-electron chi connectivity index (χ0n) is 14.1. The first kappa shape index (κ1) is 16.8. The monoisotopic (exact) mass is 331 g/mol. The third-order valence-electron chi connectivity index (χ3n) is 4.93. The van der Waals surface area contributed by atoms with Crippen LogP contribution in [-0.4, -0.2) is 49.7 Å². The van der Waals surface area contributed by atoms with Gasteiger partial charge in [-0.25, -0.2) is 9.59 Å². The summed E-state index contributed by atoms with van der Waals surface area (Å²) in [7, 11) is 0. The van der Waals surface area contributed by atoms with Crippen LogP contribution in [0.3, 0.4) is 0 Å². The van der Waals surface area contributed by atoms with Crippen molar-refractivity contribution in [1.82, 2.24) is 10.2 Å². The van der Waals surface area contributed by atoms with Gasteiger partial charge in [0.2, 0.25) is 0 Å². The first-order chi connectivity index (χ1) is 11.6. The molecule has 6 nitrogen and oxygen atoms in total. The number of ether oxygens (including phenoxy) is 1. The second-order valence-corrected chi connectivity index (χ2v) is 6.68. The Kier molecular flexibility index (Phi) is 5.04. The Morgan fingerprint density at radius 2 is 2.08 bits per heavy atom. The molecule has 1 atom stereocenters. The number of anilines is 1. The van der Waals surface area contributed by atoms with Crippen LogP contribution >= 0.6 is 0 Å². The number of piperidine rings is 1. The van der Waals surface area contributed by atoms with E-state index in [0.29, 0.717) is 17.9 Å². The van der Waals surface area contributed by atoms with Crippen LogP contribution in [0.15, 0.2) is 24.3 Å². The van der Waals surface area contributed by atoms with Crippen molar-refractivity contribution in [2.24, 2.45) is 5.41 Å². The van der Waals surface area contributed by atoms with Crippen molar-refractivity contribution in [3.05, 3.63) is 29.8 Å². The van der Waals surface area contributed by atoms with Crippen LogP contribution in [-0.2, 0) is 4.74 Å². The molecule has 0 aromatic heterocycles. The summed E-state index contributed by atoms with van der Waals surface area (Å²) in [6.07, 6.45) is 3.44. The lowest BCUT2D eigenvalue weighted by molar-refractivity contribution is 0.0526. The van der Waals surface area contributed by atoms with Crippen molar-refractivity contribution < 1.29 is 14.3 Å². The van der Waals surface area contributed by atoms with E-state index >= 15 is 0 Å². The molecule has 1 aromatic rings. The summed E-state index contributed by atoms with van der Waals surface area (Å²) in [6, 6.07) is 6.74. The van der Waals surface area contributed by atoms with Crippen molar-refractivity contribution >= 4 is 17.7 Å². The molecule has 0 bridgehead atoms. The van der Waals surface area contributed by atoms with Gasteiger partial charge in [-0.3, -0.25) is 0 Å². The van der Waals surface area contributed by atoms with E-state index in [-0.39, 0.29) is 17.4 Å². The second-order valence-electron chi connectivity index (χ2n) is 6.68. The van der Waals surface area contributed by atoms with Gasteiger partial charge < -0.3 is 20.3 Å². The van der Waals surface area contributed by atoms with E-state index in [2.05, 4.69) is 10.6 Å². The lowest BCUT2D eigenvalue weighted by Crippen LogP contribution is -2.43. The lowest BCUT2D eigenvalue weighted by Gasteiger charge is -2.33. The van der Waals surface area contributed by atoms with E-state index in [1.54, 1.807) is 31.2 Å². The maximum absolute atomic E-state index is 12.5. The van der Waals surface area contributed by atoms with Gasteiger partial charge in [0.25, 0.3) is 0 Å². The summed E-state index contributed by atoms with van der Waals surface area (Å²) in [4.78, 5) is 26.0. The van der Waals surface area contributed by atoms with E-state index in [9.17, 15) is 9.59 Å². The maximum Gasteiger partial charge on any atom is 0.338 e. The maximum atomic E-state index is 12.5. The Morgan fingerprint density at radius 3 is 2.75 bits per heavy atom. The van der Waals surface area contributed by atoms with Gasteiger partial charge in [0.05, 0.1) is 12.2 Å². The Labute approximate surface area is 142 Å². The molecule has 2 N–H and O–H groups in total. The number of hydrogen-bond acceptors (Lipinski definition) is 4. The van der Waals surface area contributed by atoms with Crippen LogP contribution in [0.25, 0.3) is 0 Å². The topological polar surface area (TPSA) is 70.7 Å². The van der Waals surface area contributed by atoms with Crippen molar-refractivity contribution in [2.75, 3.05) is 38.1 Å². The van der Waals surface area contributed by atoms with E-state index in [1.807, 2.05) is 4.90 Å². The molecule has 1 spiro atoms. The summed E-state index contributed by atoms with van der Waals surface area (Å²) < 4.78 is 4.95. The molecule has 0 radical (unpaired) electrons. The Bertz CT molecular complexity index is 594. The first-order valence-electron chi connectivity index (χ1n) is 8.66. The molecule has 3 rings (SSSR count). The third kappa shape index (κ3) is 3.70. The summed E-state index contributed by atoms with van der Waals surface area (Å²) >= 11 is 0. The fourth-order valence-corrected chi connectivity index (χ4v) is 3.59. The summed E-state index contributed by atoms with van der Waals surface area (Å²) in [5.41, 5.74) is 1.43. The predicted molar refractivity (Wildman–Crippen MR) is 92.1 cm³/mol. The Balaban J connectivity index is 1.56. The number of likely N-dealkylation sites (tertiary alicyclic amines) is 1. The zero-order chi connectivity index (χ0) is 17.0. The van der Waals surface area contributed by atoms with Crippen molar-refractivity contribution in [2.45, 2.75) is 26.2 Å². The van der Waals surface area contributed by atoms with Gasteiger partial charge >= 0.3 is 12.0 Å². The minimum Gasteiger partial charge on any atom is -0.462 e. The molecule has 0 aliphatic carbocycles. The number of hydrogen-bond donors (Lipinski definition) is 2. The normalized spacial score (nSPS) is 23.3. The van der Waals surface area contributed by atoms with E-state index in [1.165, 1.54) is 12.8 Å². The minimum atomic E-state index is -0.346. The smallest absolute Gasteiger partial charge is 0.338 e. The van der Waals surface area contributed by atoms with E-state index < -0.39 is 0 Å². The molecule has 2 aliphatic rings. The van der Waals surface area contributed by atoms with E-state index in [4.69, 9.17) is 4.74 Å². The minimum absolute atomic E-state index is 0.0682. The molecule has 2 heterocycles. The summed E-state index contributed by atoms with van der Waals surface area (Å²) in [6.45, 7) is 5.83. The van der Waals surface area contributed by atoms with Crippen LogP contribution in [0.4, 0.5) is 10.5 Å². The van der Waals surface area contributed by atoms with Gasteiger partial charge in [0, 0.05) is 30.7 Å². The molecule has 1 aromatic carbocycles. The number of carbonyl (C=O) groups excluding carboxylic acids is 2. The van der Waals surface area contributed by atoms with Gasteiger partial charge in [0.15, 0.2) is 0 Å². The average molecular weight is 331 g/mol. The fourth-order valence-electron chi connectivity index (χ4n) is 3.59. The molecule has 2 fully saturated rings. The molecule has 130 valence electrons. The Hall–Kier alpha value is -2.08. The molecule has 2 amide bonds. The highest BCUT2D eigenvalue weighted by Gasteiger charge is 2.40. The van der Waals surface area contributed by atoms with E-state index in [0.717, 1.165) is 32.6 Å². The van der Waals surface area contributed by atoms with Gasteiger partial charge in [-0.05, 0) is 57.0 Å². The number of nitrogens with one attached hydrogen (secondary N) is 2. The number of carbonyl (C=O) groups is 2. The van der Waals surface area contributed by atoms with Crippen LogP contribution in [0.2, 0.25) is 0 Å². The number of amides is 2. The quantitative estimate of drug-likeness (QED) is 0.835. The molecule has 0 saturated carbocycles. The van der Waals surface area contributed by atoms with Crippen LogP contribution in [0.1, 0.15) is 36.5 Å². The van der Waals surface area contributed by atoms with Gasteiger partial charge in [-0.2, -0.15) is 0 Å². The molecule has 24 heavy (non-hydrogen) atoms. The number of esters is 1. The SMILES string of the molecule is CCOC(=O)c1ccc(NC(=O)N2CCC3(CCCNC3)C2)cc1. The highest BCUT2D eigenvalue weighted by atomic mass is 16.5. The van der Waals surface area contributed by atoms with Crippen molar-refractivity contribution in [1.29, 1.82) is 0 Å². The summed E-state index contributed by atoms with van der Waals surface area (Å²) in [5.74, 6) is -0.346. The predicted octanol–water partition coefficient (Wildman–Crippen LogP) is 2.47. The molecule has 2 saturated heterocycles. The third-order valence-corrected chi connectivity index (χ3v) is 4.93. The fraction of sp³-hybridized carbons (Fsp3) is 0.556. The van der Waals surface area contributed by atoms with Crippen LogP contribution in [0, 0.1) is 5.41 Å². The molecular weight excluding hydrogens is 306 g/mol. The van der Waals surface area contributed by atoms with Crippen LogP contribution < -0.4 is 10.6 Å². The number of nitrogens with zero attached hydrogens (tertiary/aromatic N) is 1. The molecule has 1 unspecified atom stereocenters. The van der Waals surface area contributed by atoms with Gasteiger partial charge in [0.1, 0.15) is 0 Å². The van der Waals surface area contributed by atoms with Gasteiger partial charge in [-0.15, -0.1) is 0 Å². The largest absolute Gasteiger partial charge is 0.462 e. The molecule has 2 aliphatic heterocycles. The summed E-state index contributed by atoms with van der Waals surface area (Å²) in [5, 5.41) is 6.37. The van der Waals surface area contributed by atoms with Gasteiger partial charge in [-0.1, -0.05) is 0 Å². The Morgan fingerprint density at radius 1 is 1.29 bits per heavy atom. The number of rotatable bonds is 3. The number of benzene rings is 1. The van der Waals surface area contributed by atoms with Crippen LogP contribution in [0.5, 0.6) is 0 Å². The highest BCUT2D eigenvalue weighted by molar-refractivity contribution is 5.92. The standard InChI is InChI=1S/C18H25N3O3/c1-2-24-16(22)14-4-6-15(7-5-14)20-17(23)21-11-9-18(13-21)8-3-10-19-12-18/h4-7,19H,2-3,8-13H2,1H3,(H,20,23). The van der Waals surface area contributed by atoms with Crippen molar-refractivity contribution in [3.63, 3.8) is 0 Å². The first-order valence-corrected chi connectivity index (χ1v) is 8.66. The average Bonchev–Trinajstić information content (AvgIpc) is 3.00. The number of urea groups is 1. The highest BCUT2D eigenvalue weighted by Crippen LogP contribution is 2.36. The second kappa shape index (κ2) is 7.21. The zero-order valence-corrected chi connectivity index (χ0v) is 14.1.